The number of hydrogen-bond acceptors (Lipinski definition) is 2. The number of nitrogens with zero attached hydrogens (tertiary/aromatic N) is 1. The van der Waals surface area contributed by atoms with Crippen LogP contribution in [0, 0.1) is 5.41 Å². The van der Waals surface area contributed by atoms with Crippen LogP contribution in [0.25, 0.3) is 0 Å². The summed E-state index contributed by atoms with van der Waals surface area (Å²) in [4.78, 5) is 4.40. The Morgan fingerprint density at radius 3 is 2.29 bits per heavy atom. The quantitative estimate of drug-likeness (QED) is 0.389. The van der Waals surface area contributed by atoms with Crippen LogP contribution in [0.5, 0.6) is 0 Å². The molecule has 4 nitrogen and oxygen atoms in total. The summed E-state index contributed by atoms with van der Waals surface area (Å²) in [5.41, 5.74) is 9.61. The third-order valence-corrected chi connectivity index (χ3v) is 4.13. The fourth-order valence-electron chi connectivity index (χ4n) is 2.37. The van der Waals surface area contributed by atoms with E-state index in [9.17, 15) is 5.11 Å². The summed E-state index contributed by atoms with van der Waals surface area (Å²) in [7, 11) is 0. The average Bonchev–Trinajstić information content (AvgIpc) is 3.26. The first-order valence-corrected chi connectivity index (χ1v) is 7.42. The number of anilines is 1. The van der Waals surface area contributed by atoms with Gasteiger partial charge in [-0.2, -0.15) is 0 Å². The van der Waals surface area contributed by atoms with Gasteiger partial charge in [-0.3, -0.25) is 4.99 Å². The van der Waals surface area contributed by atoms with Crippen molar-refractivity contribution in [2.75, 3.05) is 18.5 Å². The zero-order valence-corrected chi connectivity index (χ0v) is 15.2. The van der Waals surface area contributed by atoms with Gasteiger partial charge in [0.2, 0.25) is 0 Å². The van der Waals surface area contributed by atoms with Gasteiger partial charge >= 0.3 is 0 Å². The highest BCUT2D eigenvalue weighted by Gasteiger charge is 2.41. The van der Waals surface area contributed by atoms with E-state index in [0.717, 1.165) is 31.4 Å². The van der Waals surface area contributed by atoms with Crippen molar-refractivity contribution < 1.29 is 5.11 Å². The molecule has 0 atom stereocenters. The Hall–Kier alpha value is -0.820. The van der Waals surface area contributed by atoms with Crippen LogP contribution >= 0.6 is 24.0 Å². The normalized spacial score (nSPS) is 16.2. The number of guanidine groups is 1. The summed E-state index contributed by atoms with van der Waals surface area (Å²) in [5.74, 6) is 0.445. The van der Waals surface area contributed by atoms with E-state index in [0.29, 0.717) is 12.5 Å². The first-order chi connectivity index (χ1) is 9.64. The molecule has 0 saturated heterocycles. The molecule has 0 radical (unpaired) electrons. The van der Waals surface area contributed by atoms with Crippen molar-refractivity contribution >= 4 is 35.6 Å². The summed E-state index contributed by atoms with van der Waals surface area (Å²) >= 11 is 0. The minimum atomic E-state index is 0. The lowest BCUT2D eigenvalue weighted by atomic mass is 10.0. The number of halogens is 1. The van der Waals surface area contributed by atoms with E-state index < -0.39 is 0 Å². The number of aliphatic hydroxyl groups excluding tert-OH is 1. The number of para-hydroxylation sites is 1. The fourth-order valence-corrected chi connectivity index (χ4v) is 2.37. The second-order valence-corrected chi connectivity index (χ2v) is 5.64. The molecule has 0 aromatic heterocycles. The zero-order chi connectivity index (χ0) is 14.6. The van der Waals surface area contributed by atoms with Gasteiger partial charge in [0, 0.05) is 11.1 Å². The highest BCUT2D eigenvalue weighted by atomic mass is 127. The first kappa shape index (κ1) is 18.2. The maximum atomic E-state index is 9.29. The Labute approximate surface area is 144 Å². The Bertz CT molecular complexity index is 476. The molecule has 1 aliphatic carbocycles. The number of nitrogens with two attached hydrogens (primary N) is 1. The number of nitrogens with one attached hydrogen (secondary N) is 1. The van der Waals surface area contributed by atoms with Crippen LogP contribution in [0.3, 0.4) is 0 Å². The smallest absolute Gasteiger partial charge is 0.193 e. The summed E-state index contributed by atoms with van der Waals surface area (Å²) in [5, 5.41) is 12.5. The molecule has 21 heavy (non-hydrogen) atoms. The average molecular weight is 403 g/mol. The third-order valence-electron chi connectivity index (χ3n) is 4.13. The molecule has 0 amide bonds. The minimum absolute atomic E-state index is 0. The van der Waals surface area contributed by atoms with Crippen LogP contribution in [-0.2, 0) is 12.8 Å². The predicted octanol–water partition coefficient (Wildman–Crippen LogP) is 2.93. The number of aryl methyl sites for hydroxylation is 2. The largest absolute Gasteiger partial charge is 0.396 e. The molecule has 1 fully saturated rings. The van der Waals surface area contributed by atoms with Crippen LogP contribution in [-0.4, -0.2) is 24.2 Å². The molecule has 5 heteroatoms. The summed E-state index contributed by atoms with van der Waals surface area (Å²) in [6.07, 6.45) is 4.02. The van der Waals surface area contributed by atoms with Crippen molar-refractivity contribution in [1.82, 2.24) is 0 Å². The number of benzene rings is 1. The molecule has 0 bridgehead atoms. The molecule has 2 rings (SSSR count). The highest BCUT2D eigenvalue weighted by molar-refractivity contribution is 14.0. The van der Waals surface area contributed by atoms with Gasteiger partial charge in [0.25, 0.3) is 0 Å². The third kappa shape index (κ3) is 4.57. The highest BCUT2D eigenvalue weighted by Crippen LogP contribution is 2.45. The molecular formula is C16H26IN3O. The van der Waals surface area contributed by atoms with Gasteiger partial charge in [0.1, 0.15) is 0 Å². The van der Waals surface area contributed by atoms with Crippen molar-refractivity contribution in [2.24, 2.45) is 16.1 Å². The van der Waals surface area contributed by atoms with Crippen molar-refractivity contribution in [2.45, 2.75) is 39.5 Å². The van der Waals surface area contributed by atoms with E-state index in [-0.39, 0.29) is 36.0 Å². The molecule has 4 N–H and O–H groups in total. The molecule has 0 spiro atoms. The monoisotopic (exact) mass is 403 g/mol. The van der Waals surface area contributed by atoms with Crippen LogP contribution in [0.4, 0.5) is 5.69 Å². The number of aliphatic hydroxyl groups is 1. The molecule has 0 unspecified atom stereocenters. The Morgan fingerprint density at radius 1 is 1.29 bits per heavy atom. The summed E-state index contributed by atoms with van der Waals surface area (Å²) < 4.78 is 0. The van der Waals surface area contributed by atoms with Gasteiger partial charge in [-0.25, -0.2) is 0 Å². The van der Waals surface area contributed by atoms with E-state index >= 15 is 0 Å². The molecule has 1 aromatic carbocycles. The maximum absolute atomic E-state index is 9.29. The van der Waals surface area contributed by atoms with Crippen LogP contribution < -0.4 is 11.1 Å². The zero-order valence-electron chi connectivity index (χ0n) is 12.9. The Morgan fingerprint density at radius 2 is 1.86 bits per heavy atom. The van der Waals surface area contributed by atoms with Gasteiger partial charge in [0.05, 0.1) is 13.2 Å². The maximum Gasteiger partial charge on any atom is 0.193 e. The van der Waals surface area contributed by atoms with Crippen LogP contribution in [0.2, 0.25) is 0 Å². The molecule has 0 aliphatic heterocycles. The summed E-state index contributed by atoms with van der Waals surface area (Å²) in [6.45, 7) is 5.09. The van der Waals surface area contributed by atoms with Crippen molar-refractivity contribution in [1.29, 1.82) is 0 Å². The second-order valence-electron chi connectivity index (χ2n) is 5.64. The fraction of sp³-hybridized carbons (Fsp3) is 0.562. The Kier molecular flexibility index (Phi) is 6.93. The van der Waals surface area contributed by atoms with Crippen molar-refractivity contribution in [3.8, 4) is 0 Å². The van der Waals surface area contributed by atoms with E-state index in [1.807, 2.05) is 0 Å². The molecule has 1 aromatic rings. The number of hydrogen-bond donors (Lipinski definition) is 3. The van der Waals surface area contributed by atoms with E-state index in [4.69, 9.17) is 5.73 Å². The lowest BCUT2D eigenvalue weighted by molar-refractivity contribution is 0.217. The number of rotatable bonds is 6. The predicted molar refractivity (Wildman–Crippen MR) is 99.5 cm³/mol. The molecular weight excluding hydrogens is 377 g/mol. The van der Waals surface area contributed by atoms with Gasteiger partial charge in [-0.1, -0.05) is 32.0 Å². The summed E-state index contributed by atoms with van der Waals surface area (Å²) in [6, 6.07) is 6.32. The molecule has 0 heterocycles. The van der Waals surface area contributed by atoms with Gasteiger partial charge in [0.15, 0.2) is 5.96 Å². The topological polar surface area (TPSA) is 70.6 Å². The van der Waals surface area contributed by atoms with Crippen molar-refractivity contribution in [3.05, 3.63) is 29.3 Å². The van der Waals surface area contributed by atoms with E-state index in [1.165, 1.54) is 11.1 Å². The van der Waals surface area contributed by atoms with E-state index in [2.05, 4.69) is 42.4 Å². The number of aliphatic imine (C=N–C) groups is 1. The van der Waals surface area contributed by atoms with Crippen molar-refractivity contribution in [3.63, 3.8) is 0 Å². The van der Waals surface area contributed by atoms with Crippen LogP contribution in [0.15, 0.2) is 23.2 Å². The minimum Gasteiger partial charge on any atom is -0.396 e. The van der Waals surface area contributed by atoms with E-state index in [1.54, 1.807) is 0 Å². The van der Waals surface area contributed by atoms with Crippen LogP contribution in [0.1, 0.15) is 37.8 Å². The molecule has 1 aliphatic rings. The Balaban J connectivity index is 0.00000220. The van der Waals surface area contributed by atoms with Gasteiger partial charge in [-0.15, -0.1) is 24.0 Å². The molecule has 1 saturated carbocycles. The van der Waals surface area contributed by atoms with Gasteiger partial charge < -0.3 is 16.2 Å². The lowest BCUT2D eigenvalue weighted by Gasteiger charge is -2.15. The first-order valence-electron chi connectivity index (χ1n) is 7.42. The lowest BCUT2D eigenvalue weighted by Crippen LogP contribution is -2.26. The standard InChI is InChI=1S/C16H25N3O.HI/c1-3-12-6-5-7-13(4-2)14(12)19-15(17)18-10-16(11-20)8-9-16;/h5-7,20H,3-4,8-11H2,1-2H3,(H3,17,18,19);1H. The SMILES string of the molecule is CCc1cccc(CC)c1NC(N)=NCC1(CO)CC1.I. The van der Waals surface area contributed by atoms with Gasteiger partial charge in [-0.05, 0) is 36.8 Å². The second kappa shape index (κ2) is 7.98. The molecule has 118 valence electrons.